The van der Waals surface area contributed by atoms with Gasteiger partial charge in [0.2, 0.25) is 0 Å². The predicted molar refractivity (Wildman–Crippen MR) is 102 cm³/mol. The molecule has 1 saturated heterocycles. The number of carbonyl (C=O) groups excluding carboxylic acids is 2. The van der Waals surface area contributed by atoms with Crippen LogP contribution in [-0.2, 0) is 9.53 Å². The Balaban J connectivity index is 1.71. The van der Waals surface area contributed by atoms with E-state index in [0.29, 0.717) is 35.1 Å². The van der Waals surface area contributed by atoms with Crippen molar-refractivity contribution in [1.82, 2.24) is 4.90 Å². The Morgan fingerprint density at radius 3 is 2.61 bits per heavy atom. The Hall–Kier alpha value is -2.96. The highest BCUT2D eigenvalue weighted by molar-refractivity contribution is 5.92. The maximum absolute atomic E-state index is 12.8. The van der Waals surface area contributed by atoms with Crippen LogP contribution in [0.1, 0.15) is 46.3 Å². The highest BCUT2D eigenvalue weighted by Gasteiger charge is 2.32. The van der Waals surface area contributed by atoms with Gasteiger partial charge >= 0.3 is 5.97 Å². The maximum Gasteiger partial charge on any atom is 0.342 e. The van der Waals surface area contributed by atoms with Crippen LogP contribution in [0.25, 0.3) is 0 Å². The molecule has 1 amide bonds. The molecule has 0 saturated carbocycles. The number of amides is 1. The topological polar surface area (TPSA) is 78.2 Å². The van der Waals surface area contributed by atoms with Gasteiger partial charge in [-0.3, -0.25) is 4.79 Å². The molecule has 1 aromatic heterocycles. The first-order valence-electron chi connectivity index (χ1n) is 9.20. The number of aryl methyl sites for hydroxylation is 2. The van der Waals surface area contributed by atoms with E-state index in [4.69, 9.17) is 18.6 Å². The molecular formula is C21H25NO6. The van der Waals surface area contributed by atoms with Crippen molar-refractivity contribution in [3.05, 3.63) is 46.9 Å². The van der Waals surface area contributed by atoms with E-state index >= 15 is 0 Å². The zero-order chi connectivity index (χ0) is 20.3. The summed E-state index contributed by atoms with van der Waals surface area (Å²) in [6.07, 6.45) is 1.67. The van der Waals surface area contributed by atoms with Crippen molar-refractivity contribution in [3.63, 3.8) is 0 Å². The predicted octanol–water partition coefficient (Wildman–Crippen LogP) is 3.43. The lowest BCUT2D eigenvalue weighted by atomic mass is 10.0. The van der Waals surface area contributed by atoms with Crippen molar-refractivity contribution in [2.45, 2.75) is 32.7 Å². The lowest BCUT2D eigenvalue weighted by Crippen LogP contribution is -2.34. The van der Waals surface area contributed by atoms with Gasteiger partial charge in [-0.05, 0) is 51.0 Å². The van der Waals surface area contributed by atoms with Crippen LogP contribution in [0.15, 0.2) is 28.7 Å². The number of furan rings is 1. The molecule has 0 N–H and O–H groups in total. The average Bonchev–Trinajstić information content (AvgIpc) is 3.31. The highest BCUT2D eigenvalue weighted by Crippen LogP contribution is 2.38. The monoisotopic (exact) mass is 387 g/mol. The van der Waals surface area contributed by atoms with Crippen LogP contribution >= 0.6 is 0 Å². The number of esters is 1. The zero-order valence-corrected chi connectivity index (χ0v) is 16.6. The van der Waals surface area contributed by atoms with E-state index in [1.807, 2.05) is 18.2 Å². The molecule has 0 aliphatic carbocycles. The smallest absolute Gasteiger partial charge is 0.342 e. The van der Waals surface area contributed by atoms with Crippen molar-refractivity contribution in [2.75, 3.05) is 27.4 Å². The van der Waals surface area contributed by atoms with Gasteiger partial charge in [-0.15, -0.1) is 0 Å². The molecule has 0 radical (unpaired) electrons. The number of hydrogen-bond donors (Lipinski definition) is 0. The summed E-state index contributed by atoms with van der Waals surface area (Å²) in [5.41, 5.74) is 1.23. The molecule has 7 nitrogen and oxygen atoms in total. The van der Waals surface area contributed by atoms with E-state index in [1.165, 1.54) is 0 Å². The lowest BCUT2D eigenvalue weighted by Gasteiger charge is -2.26. The summed E-state index contributed by atoms with van der Waals surface area (Å²) in [6, 6.07) is 7.01. The number of ether oxygens (including phenoxy) is 3. The van der Waals surface area contributed by atoms with Crippen LogP contribution in [0.4, 0.5) is 0 Å². The molecule has 7 heteroatoms. The van der Waals surface area contributed by atoms with Crippen LogP contribution in [0.5, 0.6) is 11.5 Å². The Morgan fingerprint density at radius 2 is 1.96 bits per heavy atom. The van der Waals surface area contributed by atoms with Gasteiger partial charge in [0.05, 0.1) is 20.3 Å². The van der Waals surface area contributed by atoms with E-state index in [1.54, 1.807) is 39.0 Å². The molecule has 0 unspecified atom stereocenters. The number of nitrogens with zero attached hydrogens (tertiary/aromatic N) is 1. The first-order valence-corrected chi connectivity index (χ1v) is 9.20. The molecule has 1 aliphatic rings. The van der Waals surface area contributed by atoms with E-state index < -0.39 is 5.97 Å². The molecule has 1 aliphatic heterocycles. The number of benzene rings is 1. The summed E-state index contributed by atoms with van der Waals surface area (Å²) in [5, 5.41) is 0. The first kappa shape index (κ1) is 19.8. The minimum absolute atomic E-state index is 0.144. The maximum atomic E-state index is 12.8. The van der Waals surface area contributed by atoms with Crippen molar-refractivity contribution < 1.29 is 28.2 Å². The third kappa shape index (κ3) is 3.98. The Bertz CT molecular complexity index is 872. The molecule has 28 heavy (non-hydrogen) atoms. The number of methoxy groups -OCH3 is 2. The average molecular weight is 387 g/mol. The van der Waals surface area contributed by atoms with Crippen molar-refractivity contribution >= 4 is 11.9 Å². The first-order chi connectivity index (χ1) is 13.4. The molecule has 2 aromatic rings. The van der Waals surface area contributed by atoms with E-state index in [-0.39, 0.29) is 18.6 Å². The number of rotatable bonds is 6. The third-order valence-electron chi connectivity index (χ3n) is 4.96. The zero-order valence-electron chi connectivity index (χ0n) is 16.6. The third-order valence-corrected chi connectivity index (χ3v) is 4.96. The Labute approximate surface area is 164 Å². The van der Waals surface area contributed by atoms with Gasteiger partial charge in [-0.2, -0.15) is 0 Å². The molecule has 3 rings (SSSR count). The van der Waals surface area contributed by atoms with Gasteiger partial charge in [0.1, 0.15) is 28.6 Å². The lowest BCUT2D eigenvalue weighted by molar-refractivity contribution is -0.135. The molecule has 2 heterocycles. The van der Waals surface area contributed by atoms with Crippen molar-refractivity contribution in [2.24, 2.45) is 0 Å². The summed E-state index contributed by atoms with van der Waals surface area (Å²) in [5.74, 6) is 1.71. The van der Waals surface area contributed by atoms with E-state index in [9.17, 15) is 9.59 Å². The van der Waals surface area contributed by atoms with Crippen LogP contribution < -0.4 is 9.47 Å². The van der Waals surface area contributed by atoms with Gasteiger partial charge in [0.15, 0.2) is 6.61 Å². The fourth-order valence-corrected chi connectivity index (χ4v) is 3.61. The summed E-state index contributed by atoms with van der Waals surface area (Å²) >= 11 is 0. The molecule has 0 spiro atoms. The van der Waals surface area contributed by atoms with Crippen molar-refractivity contribution in [3.8, 4) is 11.5 Å². The minimum atomic E-state index is -0.558. The van der Waals surface area contributed by atoms with Crippen LogP contribution in [0.3, 0.4) is 0 Å². The second-order valence-electron chi connectivity index (χ2n) is 6.76. The number of hydrogen-bond acceptors (Lipinski definition) is 6. The normalized spacial score (nSPS) is 16.1. The Morgan fingerprint density at radius 1 is 1.18 bits per heavy atom. The van der Waals surface area contributed by atoms with Gasteiger partial charge in [-0.25, -0.2) is 4.79 Å². The molecule has 1 aromatic carbocycles. The standard InChI is InChI=1S/C21H25NO6/c1-13-10-16(14(2)28-13)21(24)27-12-20(23)22-9-5-6-18(22)17-11-15(25-3)7-8-19(17)26-4/h7-8,10-11,18H,5-6,9,12H2,1-4H3/t18-/m0/s1. The van der Waals surface area contributed by atoms with Crippen LogP contribution in [0.2, 0.25) is 0 Å². The quantitative estimate of drug-likeness (QED) is 0.707. The fourth-order valence-electron chi connectivity index (χ4n) is 3.61. The summed E-state index contributed by atoms with van der Waals surface area (Å²) in [7, 11) is 3.20. The largest absolute Gasteiger partial charge is 0.497 e. The van der Waals surface area contributed by atoms with Gasteiger partial charge in [0.25, 0.3) is 5.91 Å². The molecule has 0 bridgehead atoms. The highest BCUT2D eigenvalue weighted by atomic mass is 16.5. The number of likely N-dealkylation sites (tertiary alicyclic amines) is 1. The van der Waals surface area contributed by atoms with Crippen molar-refractivity contribution in [1.29, 1.82) is 0 Å². The number of carbonyl (C=O) groups is 2. The van der Waals surface area contributed by atoms with Crippen LogP contribution in [-0.4, -0.2) is 44.1 Å². The summed E-state index contributed by atoms with van der Waals surface area (Å²) < 4.78 is 21.4. The second-order valence-corrected chi connectivity index (χ2v) is 6.76. The van der Waals surface area contributed by atoms with E-state index in [2.05, 4.69) is 0 Å². The van der Waals surface area contributed by atoms with E-state index in [0.717, 1.165) is 18.4 Å². The second kappa shape index (κ2) is 8.37. The van der Waals surface area contributed by atoms with Crippen LogP contribution in [0, 0.1) is 13.8 Å². The Kier molecular flexibility index (Phi) is 5.92. The fraction of sp³-hybridized carbons (Fsp3) is 0.429. The molecular weight excluding hydrogens is 362 g/mol. The SMILES string of the molecule is COc1ccc(OC)c([C@@H]2CCCN2C(=O)COC(=O)c2cc(C)oc2C)c1. The van der Waals surface area contributed by atoms with Gasteiger partial charge in [-0.1, -0.05) is 0 Å². The minimum Gasteiger partial charge on any atom is -0.497 e. The molecule has 150 valence electrons. The van der Waals surface area contributed by atoms with Gasteiger partial charge in [0, 0.05) is 12.1 Å². The van der Waals surface area contributed by atoms with Gasteiger partial charge < -0.3 is 23.5 Å². The molecule has 1 atom stereocenters. The summed E-state index contributed by atoms with van der Waals surface area (Å²) in [4.78, 5) is 26.7. The summed E-state index contributed by atoms with van der Waals surface area (Å²) in [6.45, 7) is 3.73. The molecule has 1 fully saturated rings.